The van der Waals surface area contributed by atoms with Gasteiger partial charge in [-0.2, -0.15) is 5.10 Å². The van der Waals surface area contributed by atoms with Crippen molar-refractivity contribution in [3.63, 3.8) is 0 Å². The molecule has 0 N–H and O–H groups in total. The van der Waals surface area contributed by atoms with Gasteiger partial charge in [0.25, 0.3) is 0 Å². The maximum Gasteiger partial charge on any atom is 0.159 e. The lowest BCUT2D eigenvalue weighted by Gasteiger charge is -2.36. The number of aromatic nitrogens is 4. The minimum absolute atomic E-state index is 0.107. The van der Waals surface area contributed by atoms with Crippen molar-refractivity contribution in [3.05, 3.63) is 11.5 Å². The zero-order chi connectivity index (χ0) is 15.2. The second-order valence-corrected chi connectivity index (χ2v) is 6.83. The van der Waals surface area contributed by atoms with Crippen LogP contribution in [0, 0.1) is 0 Å². The molecule has 116 valence electrons. The molecule has 1 aliphatic heterocycles. The van der Waals surface area contributed by atoms with Crippen molar-refractivity contribution in [2.45, 2.75) is 50.9 Å². The topological polar surface area (TPSA) is 44.9 Å². The summed E-state index contributed by atoms with van der Waals surface area (Å²) in [6.07, 6.45) is 3.00. The lowest BCUT2D eigenvalue weighted by atomic mass is 9.94. The fourth-order valence-corrected chi connectivity index (χ4v) is 3.48. The van der Waals surface area contributed by atoms with Crippen LogP contribution in [0.3, 0.4) is 0 Å². The Kier molecular flexibility index (Phi) is 3.74. The first-order chi connectivity index (χ1) is 9.98. The zero-order valence-corrected chi connectivity index (χ0v) is 13.9. The van der Waals surface area contributed by atoms with Gasteiger partial charge in [-0.05, 0) is 33.1 Å². The molecule has 0 amide bonds. The molecule has 2 aromatic rings. The highest BCUT2D eigenvalue weighted by Crippen LogP contribution is 2.36. The SMILES string of the molecule is CCc1nn(C)c2c1nc(C(C)Cl)n2C1(C)CCCOC1. The van der Waals surface area contributed by atoms with Crippen LogP contribution in [0.25, 0.3) is 11.2 Å². The van der Waals surface area contributed by atoms with Gasteiger partial charge in [-0.25, -0.2) is 4.98 Å². The number of halogens is 1. The van der Waals surface area contributed by atoms with E-state index in [1.807, 2.05) is 18.7 Å². The van der Waals surface area contributed by atoms with E-state index in [0.29, 0.717) is 6.61 Å². The Bertz CT molecular complexity index is 652. The van der Waals surface area contributed by atoms with E-state index >= 15 is 0 Å². The zero-order valence-electron chi connectivity index (χ0n) is 13.2. The molecule has 0 radical (unpaired) electrons. The van der Waals surface area contributed by atoms with Gasteiger partial charge in [-0.1, -0.05) is 6.92 Å². The first kappa shape index (κ1) is 14.9. The molecule has 2 atom stereocenters. The molecule has 6 heteroatoms. The third-order valence-electron chi connectivity index (χ3n) is 4.38. The summed E-state index contributed by atoms with van der Waals surface area (Å²) in [4.78, 5) is 4.82. The Balaban J connectivity index is 2.27. The fourth-order valence-electron chi connectivity index (χ4n) is 3.33. The summed E-state index contributed by atoms with van der Waals surface area (Å²) in [7, 11) is 1.98. The van der Waals surface area contributed by atoms with Gasteiger partial charge in [0.05, 0.1) is 23.2 Å². The van der Waals surface area contributed by atoms with Gasteiger partial charge >= 0.3 is 0 Å². The van der Waals surface area contributed by atoms with Gasteiger partial charge in [0.15, 0.2) is 5.65 Å². The van der Waals surface area contributed by atoms with Crippen molar-refractivity contribution in [3.8, 4) is 0 Å². The third kappa shape index (κ3) is 2.27. The molecule has 1 fully saturated rings. The predicted molar refractivity (Wildman–Crippen MR) is 83.8 cm³/mol. The molecule has 0 aliphatic carbocycles. The lowest BCUT2D eigenvalue weighted by molar-refractivity contribution is 0.00964. The average Bonchev–Trinajstić information content (AvgIpc) is 2.98. The standard InChI is InChI=1S/C15H23ClN4O/c1-5-11-12-14(19(4)18-11)20(13(17-12)10(2)16)15(3)7-6-8-21-9-15/h10H,5-9H2,1-4H3. The summed E-state index contributed by atoms with van der Waals surface area (Å²) < 4.78 is 9.95. The molecule has 21 heavy (non-hydrogen) atoms. The first-order valence-electron chi connectivity index (χ1n) is 7.64. The number of hydrogen-bond acceptors (Lipinski definition) is 3. The van der Waals surface area contributed by atoms with Gasteiger partial charge in [0.2, 0.25) is 0 Å². The van der Waals surface area contributed by atoms with Crippen LogP contribution in [0.15, 0.2) is 0 Å². The molecule has 0 saturated carbocycles. The van der Waals surface area contributed by atoms with Crippen molar-refractivity contribution in [1.29, 1.82) is 0 Å². The number of fused-ring (bicyclic) bond motifs is 1. The minimum Gasteiger partial charge on any atom is -0.379 e. The molecule has 0 spiro atoms. The number of nitrogens with zero attached hydrogens (tertiary/aromatic N) is 4. The maximum absolute atomic E-state index is 6.41. The molecule has 1 aliphatic rings. The predicted octanol–water partition coefficient (Wildman–Crippen LogP) is 3.16. The van der Waals surface area contributed by atoms with Crippen molar-refractivity contribution < 1.29 is 4.74 Å². The molecular formula is C15H23ClN4O. The molecule has 3 rings (SSSR count). The van der Waals surface area contributed by atoms with Crippen LogP contribution in [-0.2, 0) is 23.7 Å². The molecule has 0 aromatic carbocycles. The van der Waals surface area contributed by atoms with Crippen molar-refractivity contribution >= 4 is 22.8 Å². The Morgan fingerprint density at radius 2 is 2.24 bits per heavy atom. The van der Waals surface area contributed by atoms with E-state index in [1.54, 1.807) is 0 Å². The minimum atomic E-state index is -0.138. The Labute approximate surface area is 130 Å². The second kappa shape index (κ2) is 5.29. The van der Waals surface area contributed by atoms with Gasteiger partial charge in [-0.15, -0.1) is 11.6 Å². The van der Waals surface area contributed by atoms with Crippen molar-refractivity contribution in [2.75, 3.05) is 13.2 Å². The Hall–Kier alpha value is -1.07. The second-order valence-electron chi connectivity index (χ2n) is 6.17. The number of alkyl halides is 1. The molecule has 5 nitrogen and oxygen atoms in total. The van der Waals surface area contributed by atoms with Gasteiger partial charge < -0.3 is 9.30 Å². The summed E-state index contributed by atoms with van der Waals surface area (Å²) in [5.74, 6) is 0.919. The normalized spacial score (nSPS) is 24.6. The van der Waals surface area contributed by atoms with E-state index in [0.717, 1.165) is 48.6 Å². The Morgan fingerprint density at radius 3 is 2.81 bits per heavy atom. The number of imidazole rings is 1. The summed E-state index contributed by atoms with van der Waals surface area (Å²) >= 11 is 6.41. The monoisotopic (exact) mass is 310 g/mol. The van der Waals surface area contributed by atoms with Crippen LogP contribution in [0.1, 0.15) is 50.5 Å². The highest BCUT2D eigenvalue weighted by molar-refractivity contribution is 6.20. The van der Waals surface area contributed by atoms with Gasteiger partial charge in [-0.3, -0.25) is 4.68 Å². The van der Waals surface area contributed by atoms with E-state index in [-0.39, 0.29) is 10.9 Å². The first-order valence-corrected chi connectivity index (χ1v) is 8.08. The molecule has 1 saturated heterocycles. The highest BCUT2D eigenvalue weighted by Gasteiger charge is 2.36. The van der Waals surface area contributed by atoms with E-state index < -0.39 is 0 Å². The van der Waals surface area contributed by atoms with E-state index in [2.05, 4.69) is 23.5 Å². The number of aryl methyl sites for hydroxylation is 2. The van der Waals surface area contributed by atoms with Crippen LogP contribution in [-0.4, -0.2) is 32.5 Å². The van der Waals surface area contributed by atoms with Crippen LogP contribution >= 0.6 is 11.6 Å². The molecular weight excluding hydrogens is 288 g/mol. The summed E-state index contributed by atoms with van der Waals surface area (Å²) in [5, 5.41) is 4.47. The smallest absolute Gasteiger partial charge is 0.159 e. The quantitative estimate of drug-likeness (QED) is 0.818. The van der Waals surface area contributed by atoms with Crippen LogP contribution in [0.2, 0.25) is 0 Å². The van der Waals surface area contributed by atoms with Crippen molar-refractivity contribution in [2.24, 2.45) is 7.05 Å². The lowest BCUT2D eigenvalue weighted by Crippen LogP contribution is -2.40. The van der Waals surface area contributed by atoms with E-state index in [4.69, 9.17) is 21.3 Å². The molecule has 0 bridgehead atoms. The van der Waals surface area contributed by atoms with E-state index in [9.17, 15) is 0 Å². The van der Waals surface area contributed by atoms with Gasteiger partial charge in [0.1, 0.15) is 11.3 Å². The fraction of sp³-hybridized carbons (Fsp3) is 0.733. The Morgan fingerprint density at radius 1 is 1.48 bits per heavy atom. The van der Waals surface area contributed by atoms with Crippen molar-refractivity contribution in [1.82, 2.24) is 19.3 Å². The summed E-state index contributed by atoms with van der Waals surface area (Å²) in [6, 6.07) is 0. The van der Waals surface area contributed by atoms with Gasteiger partial charge in [0, 0.05) is 13.7 Å². The molecule has 2 unspecified atom stereocenters. The van der Waals surface area contributed by atoms with Crippen LogP contribution < -0.4 is 0 Å². The van der Waals surface area contributed by atoms with Crippen LogP contribution in [0.5, 0.6) is 0 Å². The summed E-state index contributed by atoms with van der Waals surface area (Å²) in [6.45, 7) is 7.85. The summed E-state index contributed by atoms with van der Waals surface area (Å²) in [5.41, 5.74) is 2.96. The molecule has 2 aromatic heterocycles. The largest absolute Gasteiger partial charge is 0.379 e. The highest BCUT2D eigenvalue weighted by atomic mass is 35.5. The molecule has 3 heterocycles. The third-order valence-corrected chi connectivity index (χ3v) is 4.57. The average molecular weight is 311 g/mol. The number of rotatable bonds is 3. The number of hydrogen-bond donors (Lipinski definition) is 0. The number of ether oxygens (including phenoxy) is 1. The van der Waals surface area contributed by atoms with Crippen LogP contribution in [0.4, 0.5) is 0 Å². The van der Waals surface area contributed by atoms with E-state index in [1.165, 1.54) is 0 Å². The maximum atomic E-state index is 6.41.